The van der Waals surface area contributed by atoms with E-state index in [0.29, 0.717) is 21.2 Å². The van der Waals surface area contributed by atoms with Gasteiger partial charge in [0, 0.05) is 24.2 Å². The highest BCUT2D eigenvalue weighted by Gasteiger charge is 2.35. The van der Waals surface area contributed by atoms with Gasteiger partial charge in [0.05, 0.1) is 19.9 Å². The second kappa shape index (κ2) is 10.6. The van der Waals surface area contributed by atoms with Gasteiger partial charge in [0.15, 0.2) is 10.9 Å². The van der Waals surface area contributed by atoms with Crippen molar-refractivity contribution >= 4 is 57.8 Å². The third-order valence-electron chi connectivity index (χ3n) is 4.54. The molecule has 1 amide bonds. The number of carbonyl (C=O) groups is 1. The van der Waals surface area contributed by atoms with E-state index in [9.17, 15) is 14.9 Å². The number of non-ortho nitro benzene ring substituents is 1. The minimum atomic E-state index is -0.466. The van der Waals surface area contributed by atoms with E-state index in [-0.39, 0.29) is 46.1 Å². The van der Waals surface area contributed by atoms with E-state index in [1.165, 1.54) is 23.9 Å². The van der Waals surface area contributed by atoms with Crippen LogP contribution in [0.25, 0.3) is 6.08 Å². The van der Waals surface area contributed by atoms with Crippen LogP contribution in [0.1, 0.15) is 38.8 Å². The first-order chi connectivity index (χ1) is 15.6. The number of hydrogen-bond donors (Lipinski definition) is 0. The average Bonchev–Trinajstić information content (AvgIpc) is 3.01. The van der Waals surface area contributed by atoms with Crippen LogP contribution in [0.5, 0.6) is 5.75 Å². The lowest BCUT2D eigenvalue weighted by atomic mass is 10.2. The van der Waals surface area contributed by atoms with Gasteiger partial charge in [-0.3, -0.25) is 24.8 Å². The Morgan fingerprint density at radius 2 is 1.85 bits per heavy atom. The van der Waals surface area contributed by atoms with E-state index in [2.05, 4.69) is 4.99 Å². The highest BCUT2D eigenvalue weighted by atomic mass is 35.5. The normalized spacial score (nSPS) is 16.5. The average molecular weight is 508 g/mol. The molecule has 174 valence electrons. The maximum Gasteiger partial charge on any atom is 0.269 e. The highest BCUT2D eigenvalue weighted by molar-refractivity contribution is 8.18. The maximum absolute atomic E-state index is 12.9. The minimum Gasteiger partial charge on any atom is -0.486 e. The Morgan fingerprint density at radius 1 is 1.18 bits per heavy atom. The molecular weight excluding hydrogens is 485 g/mol. The first kappa shape index (κ1) is 25.1. The van der Waals surface area contributed by atoms with Crippen LogP contribution in [0, 0.1) is 10.1 Å². The predicted molar refractivity (Wildman–Crippen MR) is 134 cm³/mol. The molecule has 0 spiro atoms. The van der Waals surface area contributed by atoms with Crippen molar-refractivity contribution in [3.63, 3.8) is 0 Å². The van der Waals surface area contributed by atoms with Gasteiger partial charge in [-0.05, 0) is 68.8 Å². The van der Waals surface area contributed by atoms with Gasteiger partial charge in [-0.15, -0.1) is 0 Å². The van der Waals surface area contributed by atoms with E-state index in [0.717, 1.165) is 0 Å². The number of aliphatic imine (C=N–C) groups is 1. The van der Waals surface area contributed by atoms with E-state index < -0.39 is 4.92 Å². The Hall–Kier alpha value is -2.55. The zero-order valence-electron chi connectivity index (χ0n) is 18.5. The zero-order valence-corrected chi connectivity index (χ0v) is 20.9. The van der Waals surface area contributed by atoms with Crippen LogP contribution in [0.15, 0.2) is 46.3 Å². The van der Waals surface area contributed by atoms with Crippen molar-refractivity contribution in [2.24, 2.45) is 4.99 Å². The monoisotopic (exact) mass is 507 g/mol. The maximum atomic E-state index is 12.9. The number of nitro benzene ring substituents is 1. The van der Waals surface area contributed by atoms with Gasteiger partial charge in [0.1, 0.15) is 6.61 Å². The zero-order chi connectivity index (χ0) is 24.3. The van der Waals surface area contributed by atoms with Crippen molar-refractivity contribution in [2.45, 2.75) is 46.4 Å². The fourth-order valence-corrected chi connectivity index (χ4v) is 4.97. The van der Waals surface area contributed by atoms with Gasteiger partial charge in [0.2, 0.25) is 0 Å². The smallest absolute Gasteiger partial charge is 0.269 e. The van der Waals surface area contributed by atoms with Crippen LogP contribution in [0.3, 0.4) is 0 Å². The number of amides is 1. The Morgan fingerprint density at radius 3 is 2.42 bits per heavy atom. The van der Waals surface area contributed by atoms with Crippen molar-refractivity contribution in [3.05, 3.63) is 72.6 Å². The molecule has 1 aliphatic rings. The molecule has 33 heavy (non-hydrogen) atoms. The Balaban J connectivity index is 1.83. The highest BCUT2D eigenvalue weighted by Crippen LogP contribution is 2.38. The van der Waals surface area contributed by atoms with Gasteiger partial charge in [-0.25, -0.2) is 0 Å². The van der Waals surface area contributed by atoms with E-state index in [1.54, 1.807) is 35.2 Å². The predicted octanol–water partition coefficient (Wildman–Crippen LogP) is 6.57. The number of hydrogen-bond acceptors (Lipinski definition) is 6. The molecule has 0 aliphatic carbocycles. The van der Waals surface area contributed by atoms with Crippen LogP contribution < -0.4 is 4.74 Å². The van der Waals surface area contributed by atoms with Crippen LogP contribution in [-0.4, -0.2) is 33.0 Å². The summed E-state index contributed by atoms with van der Waals surface area (Å²) in [5.74, 6) is 0.149. The molecule has 2 aromatic rings. The van der Waals surface area contributed by atoms with E-state index in [1.807, 2.05) is 27.7 Å². The van der Waals surface area contributed by atoms with Crippen molar-refractivity contribution in [3.8, 4) is 5.75 Å². The second-order valence-corrected chi connectivity index (χ2v) is 9.74. The van der Waals surface area contributed by atoms with Crippen LogP contribution in [0.2, 0.25) is 10.0 Å². The summed E-state index contributed by atoms with van der Waals surface area (Å²) in [6, 6.07) is 9.50. The molecule has 0 N–H and O–H groups in total. The van der Waals surface area contributed by atoms with Gasteiger partial charge in [-0.2, -0.15) is 0 Å². The standard InChI is InChI=1S/C23H23Cl2N3O4S/c1-13(2)26-23-27(14(3)4)22(29)20(33-23)11-16-9-18(24)21(19(25)10-16)32-12-15-6-5-7-17(8-15)28(30)31/h5-11,13-14H,12H2,1-4H3/b20-11+,26-23?. The summed E-state index contributed by atoms with van der Waals surface area (Å²) >= 11 is 14.1. The number of nitro groups is 1. The number of benzene rings is 2. The number of carbonyl (C=O) groups excluding carboxylic acids is 1. The molecule has 3 rings (SSSR count). The third kappa shape index (κ3) is 6.07. The van der Waals surface area contributed by atoms with Crippen molar-refractivity contribution in [1.82, 2.24) is 4.90 Å². The number of ether oxygens (including phenoxy) is 1. The second-order valence-electron chi connectivity index (χ2n) is 7.91. The first-order valence-electron chi connectivity index (χ1n) is 10.2. The summed E-state index contributed by atoms with van der Waals surface area (Å²) in [5, 5.41) is 12.2. The number of thioether (sulfide) groups is 1. The number of amidine groups is 1. The minimum absolute atomic E-state index is 0.0230. The van der Waals surface area contributed by atoms with E-state index in [4.69, 9.17) is 27.9 Å². The fraction of sp³-hybridized carbons (Fsp3) is 0.304. The molecule has 2 aromatic carbocycles. The molecule has 0 aromatic heterocycles. The molecule has 0 saturated carbocycles. The lowest BCUT2D eigenvalue weighted by Crippen LogP contribution is -2.35. The summed E-state index contributed by atoms with van der Waals surface area (Å²) in [4.78, 5) is 30.2. The van der Waals surface area contributed by atoms with Gasteiger partial charge < -0.3 is 4.74 Å². The quantitative estimate of drug-likeness (QED) is 0.240. The molecule has 0 unspecified atom stereocenters. The number of rotatable bonds is 7. The first-order valence-corrected chi connectivity index (χ1v) is 11.8. The fourth-order valence-electron chi connectivity index (χ4n) is 3.12. The Kier molecular flexibility index (Phi) is 8.05. The largest absolute Gasteiger partial charge is 0.486 e. The number of nitrogens with zero attached hydrogens (tertiary/aromatic N) is 3. The number of halogens is 2. The molecule has 1 aliphatic heterocycles. The Bertz CT molecular complexity index is 1130. The molecule has 0 bridgehead atoms. The molecule has 10 heteroatoms. The van der Waals surface area contributed by atoms with Crippen LogP contribution in [0.4, 0.5) is 5.69 Å². The van der Waals surface area contributed by atoms with Crippen molar-refractivity contribution in [1.29, 1.82) is 0 Å². The summed E-state index contributed by atoms with van der Waals surface area (Å²) in [6.45, 7) is 7.87. The molecule has 1 heterocycles. The summed E-state index contributed by atoms with van der Waals surface area (Å²) < 4.78 is 5.74. The van der Waals surface area contributed by atoms with Crippen molar-refractivity contribution in [2.75, 3.05) is 0 Å². The third-order valence-corrected chi connectivity index (χ3v) is 6.10. The van der Waals surface area contributed by atoms with Crippen LogP contribution in [-0.2, 0) is 11.4 Å². The summed E-state index contributed by atoms with van der Waals surface area (Å²) in [6.07, 6.45) is 1.73. The summed E-state index contributed by atoms with van der Waals surface area (Å²) in [7, 11) is 0. The lowest BCUT2D eigenvalue weighted by molar-refractivity contribution is -0.384. The van der Waals surface area contributed by atoms with Crippen LogP contribution >= 0.6 is 35.0 Å². The summed E-state index contributed by atoms with van der Waals surface area (Å²) in [5.41, 5.74) is 1.24. The Labute approximate surface area is 206 Å². The van der Waals surface area contributed by atoms with Gasteiger partial charge in [-0.1, -0.05) is 35.3 Å². The molecule has 0 atom stereocenters. The molecule has 1 fully saturated rings. The molecule has 7 nitrogen and oxygen atoms in total. The molecule has 0 radical (unpaired) electrons. The topological polar surface area (TPSA) is 85.0 Å². The molecule has 1 saturated heterocycles. The van der Waals surface area contributed by atoms with E-state index >= 15 is 0 Å². The van der Waals surface area contributed by atoms with Gasteiger partial charge in [0.25, 0.3) is 11.6 Å². The SMILES string of the molecule is CC(C)N=C1S/C(=C/c2cc(Cl)c(OCc3cccc([N+](=O)[O-])c3)c(Cl)c2)C(=O)N1C(C)C. The molecular formula is C23H23Cl2N3O4S. The lowest BCUT2D eigenvalue weighted by Gasteiger charge is -2.20. The van der Waals surface area contributed by atoms with Crippen molar-refractivity contribution < 1.29 is 14.5 Å². The van der Waals surface area contributed by atoms with Gasteiger partial charge >= 0.3 is 0 Å².